The zero-order chi connectivity index (χ0) is 10.3. The zero-order valence-corrected chi connectivity index (χ0v) is 8.76. The van der Waals surface area contributed by atoms with Crippen molar-refractivity contribution < 1.29 is 0 Å². The third-order valence-electron chi connectivity index (χ3n) is 1.40. The lowest BCUT2D eigenvalue weighted by Crippen LogP contribution is -1.94. The molecule has 1 aromatic rings. The van der Waals surface area contributed by atoms with Gasteiger partial charge in [-0.3, -0.25) is 5.43 Å². The van der Waals surface area contributed by atoms with Crippen LogP contribution in [0.5, 0.6) is 0 Å². The molecule has 0 unspecified atom stereocenters. The van der Waals surface area contributed by atoms with Crippen molar-refractivity contribution in [1.82, 2.24) is 4.98 Å². The van der Waals surface area contributed by atoms with Gasteiger partial charge in [0, 0.05) is 12.9 Å². The number of hydrogen-bond acceptors (Lipinski definition) is 3. The molecule has 0 aliphatic rings. The average molecular weight is 179 g/mol. The van der Waals surface area contributed by atoms with E-state index in [1.165, 1.54) is 0 Å². The van der Waals surface area contributed by atoms with Gasteiger partial charge in [-0.25, -0.2) is 4.98 Å². The first-order valence-corrected chi connectivity index (χ1v) is 4.39. The van der Waals surface area contributed by atoms with Crippen molar-refractivity contribution in [2.45, 2.75) is 27.7 Å². The van der Waals surface area contributed by atoms with E-state index in [4.69, 9.17) is 0 Å². The third kappa shape index (κ3) is 3.69. The maximum Gasteiger partial charge on any atom is 0.149 e. The molecule has 0 bridgehead atoms. The lowest BCUT2D eigenvalue weighted by molar-refractivity contribution is 1.17. The highest BCUT2D eigenvalue weighted by Gasteiger charge is 1.96. The van der Waals surface area contributed by atoms with Gasteiger partial charge in [-0.1, -0.05) is 19.9 Å². The summed E-state index contributed by atoms with van der Waals surface area (Å²) in [6.07, 6.45) is 1.79. The Hall–Kier alpha value is -1.38. The molecule has 0 fully saturated rings. The highest BCUT2D eigenvalue weighted by Crippen LogP contribution is 2.11. The molecule has 0 radical (unpaired) electrons. The minimum absolute atomic E-state index is 0.769. The first kappa shape index (κ1) is 11.6. The largest absolute Gasteiger partial charge is 0.262 e. The molecule has 0 saturated heterocycles. The van der Waals surface area contributed by atoms with Crippen LogP contribution in [0.1, 0.15) is 25.0 Å². The van der Waals surface area contributed by atoms with Crippen LogP contribution in [0.15, 0.2) is 17.4 Å². The maximum atomic E-state index is 4.12. The summed E-state index contributed by atoms with van der Waals surface area (Å²) in [5, 5.41) is 3.53. The topological polar surface area (TPSA) is 37.3 Å². The average Bonchev–Trinajstić information content (AvgIpc) is 2.14. The lowest BCUT2D eigenvalue weighted by atomic mass is 10.2. The molecule has 0 saturated carbocycles. The molecule has 1 N–H and O–H groups in total. The highest BCUT2D eigenvalue weighted by atomic mass is 15.3. The zero-order valence-electron chi connectivity index (χ0n) is 8.76. The Labute approximate surface area is 79.9 Å². The molecule has 0 amide bonds. The fraction of sp³-hybridized carbons (Fsp3) is 0.400. The van der Waals surface area contributed by atoms with E-state index in [0.29, 0.717) is 0 Å². The van der Waals surface area contributed by atoms with Crippen molar-refractivity contribution in [3.05, 3.63) is 23.4 Å². The highest BCUT2D eigenvalue weighted by molar-refractivity contribution is 5.45. The van der Waals surface area contributed by atoms with Gasteiger partial charge in [0.25, 0.3) is 0 Å². The van der Waals surface area contributed by atoms with E-state index >= 15 is 0 Å². The fourth-order valence-corrected chi connectivity index (χ4v) is 0.907. The SMILES string of the molecule is C=NNc1ncc(C)cc1C.CC. The molecule has 13 heavy (non-hydrogen) atoms. The lowest BCUT2D eigenvalue weighted by Gasteiger charge is -2.02. The molecule has 1 aromatic heterocycles. The molecule has 0 aliphatic carbocycles. The molecule has 1 rings (SSSR count). The van der Waals surface area contributed by atoms with E-state index in [1.54, 1.807) is 6.20 Å². The van der Waals surface area contributed by atoms with Crippen LogP contribution in [0.4, 0.5) is 5.82 Å². The van der Waals surface area contributed by atoms with Crippen molar-refractivity contribution in [2.75, 3.05) is 5.43 Å². The van der Waals surface area contributed by atoms with Crippen LogP contribution in [0.3, 0.4) is 0 Å². The first-order valence-electron chi connectivity index (χ1n) is 4.39. The molecule has 0 aliphatic heterocycles. The van der Waals surface area contributed by atoms with Crippen LogP contribution >= 0.6 is 0 Å². The van der Waals surface area contributed by atoms with Crippen molar-refractivity contribution in [2.24, 2.45) is 5.10 Å². The van der Waals surface area contributed by atoms with E-state index in [1.807, 2.05) is 33.8 Å². The summed E-state index contributed by atoms with van der Waals surface area (Å²) >= 11 is 0. The summed E-state index contributed by atoms with van der Waals surface area (Å²) in [5.41, 5.74) is 4.94. The number of pyridine rings is 1. The van der Waals surface area contributed by atoms with E-state index in [9.17, 15) is 0 Å². The monoisotopic (exact) mass is 179 g/mol. The van der Waals surface area contributed by atoms with Gasteiger partial charge in [-0.15, -0.1) is 0 Å². The Morgan fingerprint density at radius 1 is 1.38 bits per heavy atom. The molecule has 0 aromatic carbocycles. The van der Waals surface area contributed by atoms with Gasteiger partial charge in [0.1, 0.15) is 5.82 Å². The van der Waals surface area contributed by atoms with E-state index < -0.39 is 0 Å². The Bertz CT molecular complexity index is 269. The van der Waals surface area contributed by atoms with Gasteiger partial charge < -0.3 is 0 Å². The van der Waals surface area contributed by atoms with Gasteiger partial charge in [0.05, 0.1) is 0 Å². The van der Waals surface area contributed by atoms with Crippen molar-refractivity contribution >= 4 is 12.5 Å². The molecule has 1 heterocycles. The van der Waals surface area contributed by atoms with Crippen LogP contribution in [0.25, 0.3) is 0 Å². The number of nitrogens with one attached hydrogen (secondary N) is 1. The van der Waals surface area contributed by atoms with Crippen LogP contribution in [-0.2, 0) is 0 Å². The summed E-state index contributed by atoms with van der Waals surface area (Å²) in [6, 6.07) is 2.04. The Balaban J connectivity index is 0.000000671. The molecular weight excluding hydrogens is 162 g/mol. The van der Waals surface area contributed by atoms with Gasteiger partial charge in [-0.05, 0) is 25.0 Å². The number of aryl methyl sites for hydroxylation is 2. The summed E-state index contributed by atoms with van der Waals surface area (Å²) in [5.74, 6) is 0.769. The van der Waals surface area contributed by atoms with Gasteiger partial charge >= 0.3 is 0 Å². The number of nitrogens with zero attached hydrogens (tertiary/aromatic N) is 2. The summed E-state index contributed by atoms with van der Waals surface area (Å²) < 4.78 is 0. The molecular formula is C10H17N3. The number of hydrazone groups is 1. The third-order valence-corrected chi connectivity index (χ3v) is 1.40. The predicted octanol–water partition coefficient (Wildman–Crippen LogP) is 2.75. The number of anilines is 1. The van der Waals surface area contributed by atoms with Crippen molar-refractivity contribution in [3.63, 3.8) is 0 Å². The van der Waals surface area contributed by atoms with E-state index in [0.717, 1.165) is 16.9 Å². The molecule has 0 spiro atoms. The van der Waals surface area contributed by atoms with E-state index in [-0.39, 0.29) is 0 Å². The normalized spacial score (nSPS) is 8.31. The Kier molecular flexibility index (Phi) is 5.52. The molecule has 3 nitrogen and oxygen atoms in total. The van der Waals surface area contributed by atoms with Gasteiger partial charge in [-0.2, -0.15) is 5.10 Å². The van der Waals surface area contributed by atoms with Gasteiger partial charge in [0.2, 0.25) is 0 Å². The number of hydrogen-bond donors (Lipinski definition) is 1. The van der Waals surface area contributed by atoms with Crippen LogP contribution < -0.4 is 5.43 Å². The number of aromatic nitrogens is 1. The summed E-state index contributed by atoms with van der Waals surface area (Å²) in [4.78, 5) is 4.12. The number of rotatable bonds is 2. The minimum atomic E-state index is 0.769. The molecule has 72 valence electrons. The van der Waals surface area contributed by atoms with Crippen molar-refractivity contribution in [1.29, 1.82) is 0 Å². The predicted molar refractivity (Wildman–Crippen MR) is 58.2 cm³/mol. The Morgan fingerprint density at radius 3 is 2.46 bits per heavy atom. The Morgan fingerprint density at radius 2 is 2.00 bits per heavy atom. The molecule has 0 atom stereocenters. The smallest absolute Gasteiger partial charge is 0.149 e. The summed E-state index contributed by atoms with van der Waals surface area (Å²) in [6.45, 7) is 11.3. The maximum absolute atomic E-state index is 4.12. The van der Waals surface area contributed by atoms with Crippen LogP contribution in [-0.4, -0.2) is 11.7 Å². The first-order chi connectivity index (χ1) is 6.24. The molecule has 3 heteroatoms. The second-order valence-corrected chi connectivity index (χ2v) is 2.45. The second-order valence-electron chi connectivity index (χ2n) is 2.45. The quantitative estimate of drug-likeness (QED) is 0.560. The van der Waals surface area contributed by atoms with Crippen LogP contribution in [0, 0.1) is 13.8 Å². The summed E-state index contributed by atoms with van der Waals surface area (Å²) in [7, 11) is 0. The second kappa shape index (κ2) is 6.17. The standard InChI is InChI=1S/C8H11N3.C2H6/c1-6-4-7(2)8(10-5-6)11-9-3;1-2/h4-5H,3H2,1-2H3,(H,10,11);1-2H3. The fourth-order valence-electron chi connectivity index (χ4n) is 0.907. The van der Waals surface area contributed by atoms with Gasteiger partial charge in [0.15, 0.2) is 0 Å². The van der Waals surface area contributed by atoms with E-state index in [2.05, 4.69) is 22.2 Å². The van der Waals surface area contributed by atoms with Crippen molar-refractivity contribution in [3.8, 4) is 0 Å². The minimum Gasteiger partial charge on any atom is -0.262 e. The van der Waals surface area contributed by atoms with Crippen LogP contribution in [0.2, 0.25) is 0 Å².